The molecule has 0 heterocycles. The molecule has 0 N–H and O–H groups in total. The zero-order chi connectivity index (χ0) is 6.41. The lowest BCUT2D eigenvalue weighted by Gasteiger charge is -1.96. The van der Waals surface area contributed by atoms with Crippen molar-refractivity contribution in [2.45, 2.75) is 0 Å². The summed E-state index contributed by atoms with van der Waals surface area (Å²) in [6.07, 6.45) is 0. The van der Waals surface area contributed by atoms with Crippen molar-refractivity contribution in [3.63, 3.8) is 0 Å². The van der Waals surface area contributed by atoms with Crippen LogP contribution in [0.1, 0.15) is 0 Å². The fourth-order valence-electron chi connectivity index (χ4n) is 0.181. The Bertz CT molecular complexity index is 76.9. The number of alkyl halides is 1. The van der Waals surface area contributed by atoms with E-state index in [-0.39, 0.29) is 6.61 Å². The average Bonchev–Trinajstić information content (AvgIpc) is 1.83. The molecule has 0 radical (unpaired) electrons. The van der Waals surface area contributed by atoms with Crippen molar-refractivity contribution in [3.8, 4) is 0 Å². The highest BCUT2D eigenvalue weighted by atomic mass is 35.5. The number of hydrogen-bond acceptors (Lipinski definition) is 3. The highest BCUT2D eigenvalue weighted by Gasteiger charge is 1.91. The number of hydrogen-bond donors (Lipinski definition) is 0. The SMILES string of the molecule is CO[PH](=O)OCCCl. The standard InChI is InChI=1S/C3H8ClO3P/c1-6-8(5)7-3-2-4/h8H,2-3H2,1H3. The first kappa shape index (κ1) is 8.44. The summed E-state index contributed by atoms with van der Waals surface area (Å²) in [5.41, 5.74) is 0. The Hall–Kier alpha value is 0.440. The van der Waals surface area contributed by atoms with Crippen molar-refractivity contribution >= 4 is 19.9 Å². The molecule has 0 saturated heterocycles. The van der Waals surface area contributed by atoms with Crippen LogP contribution in [0.3, 0.4) is 0 Å². The first-order valence-electron chi connectivity index (χ1n) is 2.08. The molecule has 0 aromatic rings. The maximum Gasteiger partial charge on any atom is 0.318 e. The van der Waals surface area contributed by atoms with Crippen LogP contribution in [0.4, 0.5) is 0 Å². The van der Waals surface area contributed by atoms with E-state index in [1.54, 1.807) is 0 Å². The molecule has 1 atom stereocenters. The highest BCUT2D eigenvalue weighted by molar-refractivity contribution is 7.33. The molecule has 0 amide bonds. The van der Waals surface area contributed by atoms with Gasteiger partial charge in [0.25, 0.3) is 0 Å². The Balaban J connectivity index is 2.99. The molecule has 0 fully saturated rings. The van der Waals surface area contributed by atoms with E-state index in [0.717, 1.165) is 0 Å². The Morgan fingerprint density at radius 2 is 2.38 bits per heavy atom. The second-order valence-corrected chi connectivity index (χ2v) is 2.57. The van der Waals surface area contributed by atoms with E-state index in [0.29, 0.717) is 5.88 Å². The van der Waals surface area contributed by atoms with Gasteiger partial charge < -0.3 is 9.05 Å². The molecular weight excluding hydrogens is 150 g/mol. The van der Waals surface area contributed by atoms with Gasteiger partial charge in [-0.05, 0) is 0 Å². The molecule has 0 aliphatic carbocycles. The maximum absolute atomic E-state index is 10.3. The van der Waals surface area contributed by atoms with Crippen molar-refractivity contribution in [3.05, 3.63) is 0 Å². The Morgan fingerprint density at radius 1 is 1.75 bits per heavy atom. The van der Waals surface area contributed by atoms with Crippen LogP contribution in [0, 0.1) is 0 Å². The van der Waals surface area contributed by atoms with E-state index in [1.807, 2.05) is 0 Å². The molecule has 0 bridgehead atoms. The van der Waals surface area contributed by atoms with Crippen molar-refractivity contribution in [1.82, 2.24) is 0 Å². The van der Waals surface area contributed by atoms with Crippen LogP contribution in [0.5, 0.6) is 0 Å². The summed E-state index contributed by atoms with van der Waals surface area (Å²) in [7, 11) is -0.897. The molecule has 0 aliphatic rings. The van der Waals surface area contributed by atoms with Gasteiger partial charge in [0, 0.05) is 13.0 Å². The monoisotopic (exact) mass is 158 g/mol. The van der Waals surface area contributed by atoms with Gasteiger partial charge in [-0.2, -0.15) is 0 Å². The molecular formula is C3H8ClO3P. The Morgan fingerprint density at radius 3 is 2.75 bits per heavy atom. The molecule has 3 nitrogen and oxygen atoms in total. The zero-order valence-corrected chi connectivity index (χ0v) is 6.27. The van der Waals surface area contributed by atoms with Gasteiger partial charge in [-0.15, -0.1) is 11.6 Å². The largest absolute Gasteiger partial charge is 0.318 e. The molecule has 0 spiro atoms. The highest BCUT2D eigenvalue weighted by Crippen LogP contribution is 2.20. The third kappa shape index (κ3) is 4.60. The van der Waals surface area contributed by atoms with Crippen molar-refractivity contribution in [2.75, 3.05) is 19.6 Å². The van der Waals surface area contributed by atoms with E-state index >= 15 is 0 Å². The number of rotatable bonds is 4. The van der Waals surface area contributed by atoms with Gasteiger partial charge in [-0.25, -0.2) is 0 Å². The van der Waals surface area contributed by atoms with E-state index < -0.39 is 8.25 Å². The molecule has 0 aromatic heterocycles. The minimum atomic E-state index is -2.23. The normalized spacial score (nSPS) is 13.8. The first-order valence-corrected chi connectivity index (χ1v) is 3.84. The van der Waals surface area contributed by atoms with Crippen molar-refractivity contribution in [2.24, 2.45) is 0 Å². The van der Waals surface area contributed by atoms with Crippen LogP contribution in [0.15, 0.2) is 0 Å². The molecule has 0 saturated carbocycles. The molecule has 0 rings (SSSR count). The van der Waals surface area contributed by atoms with Crippen LogP contribution >= 0.6 is 19.9 Å². The fourth-order valence-corrected chi connectivity index (χ4v) is 0.774. The van der Waals surface area contributed by atoms with Crippen LogP contribution in [-0.4, -0.2) is 19.6 Å². The minimum Gasteiger partial charge on any atom is -0.314 e. The van der Waals surface area contributed by atoms with Gasteiger partial charge in [-0.1, -0.05) is 0 Å². The Labute approximate surface area is 53.9 Å². The maximum atomic E-state index is 10.3. The van der Waals surface area contributed by atoms with E-state index in [2.05, 4.69) is 9.05 Å². The molecule has 50 valence electrons. The lowest BCUT2D eigenvalue weighted by molar-refractivity contribution is 0.270. The van der Waals surface area contributed by atoms with Crippen molar-refractivity contribution in [1.29, 1.82) is 0 Å². The third-order valence-electron chi connectivity index (χ3n) is 0.464. The van der Waals surface area contributed by atoms with Gasteiger partial charge in [0.1, 0.15) is 0 Å². The number of halogens is 1. The second kappa shape index (κ2) is 5.57. The van der Waals surface area contributed by atoms with Crippen molar-refractivity contribution < 1.29 is 13.6 Å². The van der Waals surface area contributed by atoms with Gasteiger partial charge in [0.05, 0.1) is 6.61 Å². The smallest absolute Gasteiger partial charge is 0.314 e. The van der Waals surface area contributed by atoms with Crippen LogP contribution in [-0.2, 0) is 13.6 Å². The average molecular weight is 159 g/mol. The van der Waals surface area contributed by atoms with Gasteiger partial charge in [0.2, 0.25) is 0 Å². The topological polar surface area (TPSA) is 35.5 Å². The Kier molecular flexibility index (Phi) is 5.88. The third-order valence-corrected chi connectivity index (χ3v) is 1.39. The predicted octanol–water partition coefficient (Wildman–Crippen LogP) is 1.28. The lowest BCUT2D eigenvalue weighted by atomic mass is 10.9. The van der Waals surface area contributed by atoms with Crippen LogP contribution in [0.2, 0.25) is 0 Å². The summed E-state index contributed by atoms with van der Waals surface area (Å²) < 4.78 is 19.1. The molecule has 8 heavy (non-hydrogen) atoms. The molecule has 0 aliphatic heterocycles. The summed E-state index contributed by atoms with van der Waals surface area (Å²) in [6.45, 7) is 0.285. The van der Waals surface area contributed by atoms with E-state index in [1.165, 1.54) is 7.11 Å². The molecule has 1 unspecified atom stereocenters. The fraction of sp³-hybridized carbons (Fsp3) is 1.00. The summed E-state index contributed by atoms with van der Waals surface area (Å²) in [6, 6.07) is 0. The zero-order valence-electron chi connectivity index (χ0n) is 4.52. The van der Waals surface area contributed by atoms with Gasteiger partial charge in [0.15, 0.2) is 0 Å². The van der Waals surface area contributed by atoms with Crippen LogP contribution < -0.4 is 0 Å². The van der Waals surface area contributed by atoms with Gasteiger partial charge in [-0.3, -0.25) is 4.57 Å². The second-order valence-electron chi connectivity index (χ2n) is 0.992. The summed E-state index contributed by atoms with van der Waals surface area (Å²) in [5.74, 6) is 0.347. The first-order chi connectivity index (χ1) is 3.81. The summed E-state index contributed by atoms with van der Waals surface area (Å²) in [4.78, 5) is 0. The lowest BCUT2D eigenvalue weighted by Crippen LogP contribution is -1.86. The predicted molar refractivity (Wildman–Crippen MR) is 32.7 cm³/mol. The molecule has 0 aromatic carbocycles. The quantitative estimate of drug-likeness (QED) is 0.457. The van der Waals surface area contributed by atoms with E-state index in [4.69, 9.17) is 11.6 Å². The minimum absolute atomic E-state index is 0.285. The summed E-state index contributed by atoms with van der Waals surface area (Å²) in [5, 5.41) is 0. The van der Waals surface area contributed by atoms with Gasteiger partial charge >= 0.3 is 8.25 Å². The molecule has 5 heteroatoms. The summed E-state index contributed by atoms with van der Waals surface area (Å²) >= 11 is 5.20. The van der Waals surface area contributed by atoms with Crippen LogP contribution in [0.25, 0.3) is 0 Å². The van der Waals surface area contributed by atoms with E-state index in [9.17, 15) is 4.57 Å².